The van der Waals surface area contributed by atoms with Crippen LogP contribution in [-0.2, 0) is 9.53 Å². The largest absolute Gasteiger partial charge is 0.501 e. The summed E-state index contributed by atoms with van der Waals surface area (Å²) >= 11 is 0. The molecule has 0 saturated carbocycles. The molecule has 2 nitrogen and oxygen atoms in total. The molecule has 0 aliphatic heterocycles. The molecule has 2 heteroatoms. The van der Waals surface area contributed by atoms with Gasteiger partial charge in [0, 0.05) is 17.9 Å². The van der Waals surface area contributed by atoms with Crippen molar-refractivity contribution in [3.63, 3.8) is 0 Å². The number of allylic oxidation sites excluding steroid dienone is 6. The van der Waals surface area contributed by atoms with Crippen molar-refractivity contribution in [1.82, 2.24) is 0 Å². The number of carbonyl (C=O) groups is 1. The van der Waals surface area contributed by atoms with E-state index in [0.29, 0.717) is 6.42 Å². The molecule has 0 bridgehead atoms. The Morgan fingerprint density at radius 2 is 1.84 bits per heavy atom. The third-order valence-corrected chi connectivity index (χ3v) is 3.50. The highest BCUT2D eigenvalue weighted by Gasteiger charge is 2.28. The van der Waals surface area contributed by atoms with Crippen LogP contribution >= 0.6 is 0 Å². The van der Waals surface area contributed by atoms with E-state index in [1.54, 1.807) is 7.11 Å². The second-order valence-electron chi connectivity index (χ2n) is 5.71. The third-order valence-electron chi connectivity index (χ3n) is 3.50. The van der Waals surface area contributed by atoms with Crippen molar-refractivity contribution in [2.45, 2.75) is 53.4 Å². The summed E-state index contributed by atoms with van der Waals surface area (Å²) in [5, 5.41) is 0. The summed E-state index contributed by atoms with van der Waals surface area (Å²) in [7, 11) is 1.67. The molecule has 1 rings (SSSR count). The highest BCUT2D eigenvalue weighted by Crippen LogP contribution is 2.31. The highest BCUT2D eigenvalue weighted by molar-refractivity contribution is 5.98. The number of carbonyl (C=O) groups excluding carboxylic acids is 1. The van der Waals surface area contributed by atoms with Gasteiger partial charge >= 0.3 is 0 Å². The minimum absolute atomic E-state index is 0.134. The quantitative estimate of drug-likeness (QED) is 0.678. The van der Waals surface area contributed by atoms with E-state index in [-0.39, 0.29) is 11.7 Å². The van der Waals surface area contributed by atoms with Crippen molar-refractivity contribution < 1.29 is 9.53 Å². The van der Waals surface area contributed by atoms with Crippen LogP contribution in [0.1, 0.15) is 53.4 Å². The first-order valence-corrected chi connectivity index (χ1v) is 7.02. The van der Waals surface area contributed by atoms with Crippen molar-refractivity contribution in [2.75, 3.05) is 7.11 Å². The van der Waals surface area contributed by atoms with Gasteiger partial charge in [-0.3, -0.25) is 4.79 Å². The van der Waals surface area contributed by atoms with E-state index in [0.717, 1.165) is 30.6 Å². The van der Waals surface area contributed by atoms with E-state index in [9.17, 15) is 4.79 Å². The van der Waals surface area contributed by atoms with Crippen molar-refractivity contribution in [1.29, 1.82) is 0 Å². The lowest BCUT2D eigenvalue weighted by Gasteiger charge is -2.24. The molecule has 106 valence electrons. The molecule has 0 N–H and O–H groups in total. The first kappa shape index (κ1) is 15.7. The standard InChI is InChI=1S/C17H26O2/c1-12(2)6-8-14-9-11-16(19-5)15(17(14)18)10-7-13(3)4/h6-7,14H,8-11H2,1-5H3. The van der Waals surface area contributed by atoms with E-state index < -0.39 is 0 Å². The van der Waals surface area contributed by atoms with Gasteiger partial charge in [0.25, 0.3) is 0 Å². The first-order valence-electron chi connectivity index (χ1n) is 7.02. The predicted octanol–water partition coefficient (Wildman–Crippen LogP) is 4.58. The van der Waals surface area contributed by atoms with Gasteiger partial charge in [0.2, 0.25) is 0 Å². The monoisotopic (exact) mass is 262 g/mol. The van der Waals surface area contributed by atoms with Crippen molar-refractivity contribution >= 4 is 5.78 Å². The summed E-state index contributed by atoms with van der Waals surface area (Å²) in [6.07, 6.45) is 7.63. The van der Waals surface area contributed by atoms with Gasteiger partial charge in [-0.15, -0.1) is 0 Å². The Morgan fingerprint density at radius 3 is 2.37 bits per heavy atom. The fourth-order valence-electron chi connectivity index (χ4n) is 2.32. The number of ether oxygens (including phenoxy) is 1. The zero-order chi connectivity index (χ0) is 14.4. The van der Waals surface area contributed by atoms with Gasteiger partial charge in [-0.2, -0.15) is 0 Å². The predicted molar refractivity (Wildman–Crippen MR) is 79.9 cm³/mol. The zero-order valence-electron chi connectivity index (χ0n) is 12.9. The van der Waals surface area contributed by atoms with Gasteiger partial charge in [0.15, 0.2) is 5.78 Å². The zero-order valence-corrected chi connectivity index (χ0v) is 12.9. The molecule has 19 heavy (non-hydrogen) atoms. The second kappa shape index (κ2) is 7.32. The molecule has 0 fully saturated rings. The third kappa shape index (κ3) is 4.70. The number of rotatable bonds is 5. The lowest BCUT2D eigenvalue weighted by Crippen LogP contribution is -2.23. The van der Waals surface area contributed by atoms with Crippen LogP contribution in [0, 0.1) is 5.92 Å². The molecule has 1 unspecified atom stereocenters. The van der Waals surface area contributed by atoms with E-state index in [1.165, 1.54) is 11.1 Å². The Kier molecular flexibility index (Phi) is 6.07. The molecule has 0 radical (unpaired) electrons. The summed E-state index contributed by atoms with van der Waals surface area (Å²) in [4.78, 5) is 12.5. The minimum atomic E-state index is 0.134. The molecular weight excluding hydrogens is 236 g/mol. The Labute approximate surface area is 117 Å². The van der Waals surface area contributed by atoms with Crippen molar-refractivity contribution in [3.05, 3.63) is 34.6 Å². The Balaban J connectivity index is 2.88. The van der Waals surface area contributed by atoms with Crippen LogP contribution in [0.25, 0.3) is 0 Å². The van der Waals surface area contributed by atoms with Crippen LogP contribution in [0.4, 0.5) is 0 Å². The van der Waals surface area contributed by atoms with Gasteiger partial charge in [-0.25, -0.2) is 0 Å². The average molecular weight is 262 g/mol. The average Bonchev–Trinajstić information content (AvgIpc) is 2.35. The lowest BCUT2D eigenvalue weighted by atomic mass is 9.82. The maximum Gasteiger partial charge on any atom is 0.165 e. The van der Waals surface area contributed by atoms with E-state index in [2.05, 4.69) is 39.8 Å². The molecule has 1 atom stereocenters. The fraction of sp³-hybridized carbons (Fsp3) is 0.588. The van der Waals surface area contributed by atoms with Crippen LogP contribution in [0.5, 0.6) is 0 Å². The van der Waals surface area contributed by atoms with Crippen molar-refractivity contribution in [2.24, 2.45) is 5.92 Å². The first-order chi connectivity index (χ1) is 8.95. The fourth-order valence-corrected chi connectivity index (χ4v) is 2.32. The van der Waals surface area contributed by atoms with Crippen LogP contribution in [0.2, 0.25) is 0 Å². The summed E-state index contributed by atoms with van der Waals surface area (Å²) in [5.74, 6) is 1.29. The van der Waals surface area contributed by atoms with Gasteiger partial charge in [-0.1, -0.05) is 23.3 Å². The molecule has 0 aromatic carbocycles. The minimum Gasteiger partial charge on any atom is -0.501 e. The molecule has 0 amide bonds. The Morgan fingerprint density at radius 1 is 1.21 bits per heavy atom. The van der Waals surface area contributed by atoms with E-state index in [1.807, 2.05) is 0 Å². The van der Waals surface area contributed by atoms with Crippen LogP contribution in [-0.4, -0.2) is 12.9 Å². The van der Waals surface area contributed by atoms with Gasteiger partial charge in [0.05, 0.1) is 7.11 Å². The molecular formula is C17H26O2. The second-order valence-corrected chi connectivity index (χ2v) is 5.71. The maximum atomic E-state index is 12.5. The van der Waals surface area contributed by atoms with Gasteiger partial charge in [-0.05, 0) is 47.0 Å². The smallest absolute Gasteiger partial charge is 0.165 e. The summed E-state index contributed by atoms with van der Waals surface area (Å²) < 4.78 is 5.39. The van der Waals surface area contributed by atoms with Gasteiger partial charge < -0.3 is 4.74 Å². The molecule has 1 aliphatic carbocycles. The van der Waals surface area contributed by atoms with E-state index in [4.69, 9.17) is 4.74 Å². The SMILES string of the molecule is COC1=C(CC=C(C)C)C(=O)C(CC=C(C)C)CC1. The number of methoxy groups -OCH3 is 1. The number of hydrogen-bond acceptors (Lipinski definition) is 2. The topological polar surface area (TPSA) is 26.3 Å². The lowest BCUT2D eigenvalue weighted by molar-refractivity contribution is -0.120. The van der Waals surface area contributed by atoms with Crippen molar-refractivity contribution in [3.8, 4) is 0 Å². The maximum absolute atomic E-state index is 12.5. The van der Waals surface area contributed by atoms with Crippen LogP contribution < -0.4 is 0 Å². The molecule has 0 heterocycles. The van der Waals surface area contributed by atoms with Crippen LogP contribution in [0.15, 0.2) is 34.6 Å². The van der Waals surface area contributed by atoms with Gasteiger partial charge in [0.1, 0.15) is 5.76 Å². The Hall–Kier alpha value is -1.31. The normalized spacial score (nSPS) is 19.2. The van der Waals surface area contributed by atoms with E-state index >= 15 is 0 Å². The summed E-state index contributed by atoms with van der Waals surface area (Å²) in [6, 6.07) is 0. The number of hydrogen-bond donors (Lipinski definition) is 0. The van der Waals surface area contributed by atoms with Crippen LogP contribution in [0.3, 0.4) is 0 Å². The summed E-state index contributed by atoms with van der Waals surface area (Å²) in [5.41, 5.74) is 3.39. The molecule has 0 aromatic rings. The highest BCUT2D eigenvalue weighted by atomic mass is 16.5. The molecule has 0 aromatic heterocycles. The number of ketones is 1. The molecule has 0 saturated heterocycles. The molecule has 1 aliphatic rings. The number of Topliss-reactive ketones (excluding diaryl/α,β-unsaturated/α-hetero) is 1. The Bertz CT molecular complexity index is 417. The molecule has 0 spiro atoms. The summed E-state index contributed by atoms with van der Waals surface area (Å²) in [6.45, 7) is 8.27.